The minimum Gasteiger partial charge on any atom is -0.355 e. The summed E-state index contributed by atoms with van der Waals surface area (Å²) < 4.78 is 2.35. The lowest BCUT2D eigenvalue weighted by Crippen LogP contribution is -2.30. The summed E-state index contributed by atoms with van der Waals surface area (Å²) in [5, 5.41) is 2.42. The second kappa shape index (κ2) is 11.1. The molecule has 0 bridgehead atoms. The molecule has 0 radical (unpaired) electrons. The van der Waals surface area contributed by atoms with E-state index in [4.69, 9.17) is 9.97 Å². The van der Waals surface area contributed by atoms with Crippen molar-refractivity contribution in [1.82, 2.24) is 14.5 Å². The minimum atomic E-state index is -0.662. The molecule has 10 rings (SSSR count). The Bertz CT molecular complexity index is 2650. The van der Waals surface area contributed by atoms with Gasteiger partial charge in [0, 0.05) is 35.9 Å². The maximum atomic E-state index is 5.30. The average Bonchev–Trinajstić information content (AvgIpc) is 3.80. The zero-order chi connectivity index (χ0) is 35.2. The first-order valence-corrected chi connectivity index (χ1v) is 18.1. The van der Waals surface area contributed by atoms with Crippen LogP contribution in [-0.2, 0) is 10.8 Å². The molecular formula is C47H39N5. The van der Waals surface area contributed by atoms with Crippen LogP contribution in [-0.4, -0.2) is 28.3 Å². The van der Waals surface area contributed by atoms with E-state index >= 15 is 0 Å². The third-order valence-electron chi connectivity index (χ3n) is 11.3. The molecule has 252 valence electrons. The largest absolute Gasteiger partial charge is 0.355 e. The summed E-state index contributed by atoms with van der Waals surface area (Å²) in [5.41, 5.74) is 13.6. The van der Waals surface area contributed by atoms with Gasteiger partial charge in [-0.15, -0.1) is 0 Å². The third-order valence-corrected chi connectivity index (χ3v) is 11.3. The standard InChI is InChI=1S/C47H39N5/c1-46(2,3)31-23-25-49-45(28-31)52-40-18-10-7-15-36(40)37-22-21-32(27-43(37)52)47(38-16-8-5-13-34(38)35-14-6-9-17-39(35)47)44-29-33(24-26-48-44)51-30-50(4)41-19-11-12-20-42(41)51/h5-29H,30H2,1-4H3. The lowest BCUT2D eigenvalue weighted by Gasteiger charge is -2.33. The molecule has 1 aliphatic heterocycles. The average molecular weight is 674 g/mol. The fourth-order valence-corrected chi connectivity index (χ4v) is 8.82. The van der Waals surface area contributed by atoms with Crippen molar-refractivity contribution in [3.63, 3.8) is 0 Å². The van der Waals surface area contributed by atoms with E-state index in [-0.39, 0.29) is 5.41 Å². The zero-order valence-corrected chi connectivity index (χ0v) is 29.9. The molecule has 3 aromatic heterocycles. The molecule has 5 aromatic carbocycles. The Morgan fingerprint density at radius 2 is 1.25 bits per heavy atom. The highest BCUT2D eigenvalue weighted by Gasteiger charge is 2.47. The monoisotopic (exact) mass is 673 g/mol. The highest BCUT2D eigenvalue weighted by Crippen LogP contribution is 2.56. The molecule has 1 aliphatic carbocycles. The Hall–Kier alpha value is -6.20. The van der Waals surface area contributed by atoms with Crippen LogP contribution in [0.25, 0.3) is 38.8 Å². The van der Waals surface area contributed by atoms with E-state index in [9.17, 15) is 0 Å². The van der Waals surface area contributed by atoms with Gasteiger partial charge in [-0.2, -0.15) is 0 Å². The topological polar surface area (TPSA) is 37.2 Å². The van der Waals surface area contributed by atoms with Gasteiger partial charge in [0.1, 0.15) is 5.82 Å². The zero-order valence-electron chi connectivity index (χ0n) is 29.9. The number of pyridine rings is 2. The first kappa shape index (κ1) is 30.6. The Morgan fingerprint density at radius 1 is 0.596 bits per heavy atom. The van der Waals surface area contributed by atoms with E-state index in [1.54, 1.807) is 0 Å². The Morgan fingerprint density at radius 3 is 2.02 bits per heavy atom. The van der Waals surface area contributed by atoms with Gasteiger partial charge in [-0.1, -0.05) is 112 Å². The second-order valence-corrected chi connectivity index (χ2v) is 15.2. The summed E-state index contributed by atoms with van der Waals surface area (Å²) in [6.07, 6.45) is 3.95. The summed E-state index contributed by atoms with van der Waals surface area (Å²) in [5.74, 6) is 0.925. The highest BCUT2D eigenvalue weighted by molar-refractivity contribution is 6.09. The maximum absolute atomic E-state index is 5.30. The number of rotatable bonds is 4. The molecule has 0 saturated carbocycles. The molecule has 0 N–H and O–H groups in total. The van der Waals surface area contributed by atoms with Crippen LogP contribution < -0.4 is 9.80 Å². The van der Waals surface area contributed by atoms with Gasteiger partial charge in [0.05, 0.1) is 40.2 Å². The van der Waals surface area contributed by atoms with Gasteiger partial charge in [-0.05, 0) is 87.3 Å². The van der Waals surface area contributed by atoms with Crippen LogP contribution in [0.3, 0.4) is 0 Å². The van der Waals surface area contributed by atoms with Crippen molar-refractivity contribution in [2.24, 2.45) is 0 Å². The number of para-hydroxylation sites is 3. The molecular weight excluding hydrogens is 635 g/mol. The fraction of sp³-hybridized carbons (Fsp3) is 0.149. The highest BCUT2D eigenvalue weighted by atomic mass is 15.4. The maximum Gasteiger partial charge on any atom is 0.137 e. The summed E-state index contributed by atoms with van der Waals surface area (Å²) in [4.78, 5) is 15.0. The molecule has 8 aromatic rings. The number of hydrogen-bond donors (Lipinski definition) is 0. The molecule has 0 atom stereocenters. The number of nitrogens with zero attached hydrogens (tertiary/aromatic N) is 5. The molecule has 4 heterocycles. The summed E-state index contributed by atoms with van der Waals surface area (Å²) in [6, 6.07) is 51.1. The molecule has 0 fully saturated rings. The molecule has 5 heteroatoms. The minimum absolute atomic E-state index is 0.00964. The van der Waals surface area contributed by atoms with Gasteiger partial charge in [0.15, 0.2) is 0 Å². The molecule has 0 saturated heterocycles. The summed E-state index contributed by atoms with van der Waals surface area (Å²) in [6.45, 7) is 7.55. The van der Waals surface area contributed by atoms with Crippen molar-refractivity contribution in [2.75, 3.05) is 23.5 Å². The lowest BCUT2D eigenvalue weighted by atomic mass is 9.69. The normalized spacial score (nSPS) is 14.5. The van der Waals surface area contributed by atoms with E-state index < -0.39 is 5.41 Å². The van der Waals surface area contributed by atoms with Crippen molar-refractivity contribution >= 4 is 38.9 Å². The van der Waals surface area contributed by atoms with Crippen LogP contribution in [0.2, 0.25) is 0 Å². The second-order valence-electron chi connectivity index (χ2n) is 15.2. The van der Waals surface area contributed by atoms with E-state index in [1.165, 1.54) is 55.5 Å². The van der Waals surface area contributed by atoms with Crippen LogP contribution in [0.4, 0.5) is 17.1 Å². The van der Waals surface area contributed by atoms with E-state index in [1.807, 2.05) is 12.4 Å². The number of fused-ring (bicyclic) bond motifs is 7. The predicted octanol–water partition coefficient (Wildman–Crippen LogP) is 10.8. The van der Waals surface area contributed by atoms with E-state index in [0.29, 0.717) is 0 Å². The van der Waals surface area contributed by atoms with Crippen molar-refractivity contribution in [1.29, 1.82) is 0 Å². The van der Waals surface area contributed by atoms with Gasteiger partial charge in [0.2, 0.25) is 0 Å². The van der Waals surface area contributed by atoms with E-state index in [0.717, 1.165) is 34.9 Å². The van der Waals surface area contributed by atoms with Gasteiger partial charge in [-0.25, -0.2) is 4.98 Å². The van der Waals surface area contributed by atoms with Gasteiger partial charge in [0.25, 0.3) is 0 Å². The molecule has 52 heavy (non-hydrogen) atoms. The lowest BCUT2D eigenvalue weighted by molar-refractivity contribution is 0.588. The smallest absolute Gasteiger partial charge is 0.137 e. The van der Waals surface area contributed by atoms with Crippen LogP contribution in [0.15, 0.2) is 152 Å². The van der Waals surface area contributed by atoms with Crippen molar-refractivity contribution in [2.45, 2.75) is 31.6 Å². The van der Waals surface area contributed by atoms with Gasteiger partial charge < -0.3 is 9.80 Å². The predicted molar refractivity (Wildman–Crippen MR) is 214 cm³/mol. The Labute approximate surface area is 304 Å². The van der Waals surface area contributed by atoms with Gasteiger partial charge in [-0.3, -0.25) is 9.55 Å². The van der Waals surface area contributed by atoms with Gasteiger partial charge >= 0.3 is 0 Å². The SMILES string of the molecule is CN1CN(c2ccnc(C3(c4ccc5c6ccccc6n(-c6cc(C(C)(C)C)ccn6)c5c4)c4ccccc4-c4ccccc43)c2)c2ccccc21. The number of hydrogen-bond acceptors (Lipinski definition) is 4. The van der Waals surface area contributed by atoms with Crippen molar-refractivity contribution < 1.29 is 0 Å². The molecule has 0 spiro atoms. The van der Waals surface area contributed by atoms with Crippen LogP contribution in [0.1, 0.15) is 48.7 Å². The van der Waals surface area contributed by atoms with E-state index in [2.05, 4.69) is 182 Å². The fourth-order valence-electron chi connectivity index (χ4n) is 8.82. The Kier molecular flexibility index (Phi) is 6.56. The molecule has 2 aliphatic rings. The van der Waals surface area contributed by atoms with Crippen molar-refractivity contribution in [3.05, 3.63) is 180 Å². The van der Waals surface area contributed by atoms with Crippen LogP contribution in [0.5, 0.6) is 0 Å². The quantitative estimate of drug-likeness (QED) is 0.186. The summed E-state index contributed by atoms with van der Waals surface area (Å²) >= 11 is 0. The Balaban J connectivity index is 1.27. The molecule has 5 nitrogen and oxygen atoms in total. The van der Waals surface area contributed by atoms with Crippen LogP contribution in [0, 0.1) is 0 Å². The third kappa shape index (κ3) is 4.29. The number of anilines is 3. The first-order valence-electron chi connectivity index (χ1n) is 18.1. The van der Waals surface area contributed by atoms with Crippen LogP contribution >= 0.6 is 0 Å². The molecule has 0 amide bonds. The number of benzene rings is 5. The first-order chi connectivity index (χ1) is 25.3. The van der Waals surface area contributed by atoms with Crippen molar-refractivity contribution in [3.8, 4) is 16.9 Å². The summed E-state index contributed by atoms with van der Waals surface area (Å²) in [7, 11) is 2.16. The number of aromatic nitrogens is 3. The molecule has 0 unspecified atom stereocenters.